The van der Waals surface area contributed by atoms with Crippen LogP contribution in [-0.4, -0.2) is 10.4 Å². The van der Waals surface area contributed by atoms with E-state index in [4.69, 9.17) is 28.2 Å². The Labute approximate surface area is 199 Å². The lowest BCUT2D eigenvalue weighted by Crippen LogP contribution is -2.42. The Bertz CT molecular complexity index is 1480. The van der Waals surface area contributed by atoms with Gasteiger partial charge in [-0.25, -0.2) is 4.99 Å². The number of halogens is 2. The molecule has 3 aromatic rings. The second kappa shape index (κ2) is 7.84. The first-order valence-electron chi connectivity index (χ1n) is 10.3. The lowest BCUT2D eigenvalue weighted by atomic mass is 9.73. The molecule has 1 atom stereocenters. The molecular weight excluding hydrogens is 463 g/mol. The summed E-state index contributed by atoms with van der Waals surface area (Å²) >= 11 is 14.2. The van der Waals surface area contributed by atoms with Gasteiger partial charge >= 0.3 is 0 Å². The second-order valence-corrected chi connectivity index (χ2v) is 10.8. The standard InChI is InChI=1S/C25H20Cl2N2O2S/c1-25(2)12-18-21(19(30)13-25)22(15-8-4-6-10-17(15)27)29-23(31)20(32-24(29)28-18)11-14-7-3-5-9-16(14)26/h3-11,22H,12-13H2,1-2H3. The Morgan fingerprint density at radius 3 is 2.44 bits per heavy atom. The van der Waals surface area contributed by atoms with Crippen LogP contribution in [0.15, 0.2) is 69.6 Å². The maximum atomic E-state index is 13.6. The molecule has 0 saturated heterocycles. The minimum Gasteiger partial charge on any atom is -0.294 e. The number of carbonyl (C=O) groups excluding carboxylic acids is 1. The van der Waals surface area contributed by atoms with Crippen molar-refractivity contribution in [1.82, 2.24) is 4.57 Å². The third-order valence-corrected chi connectivity index (χ3v) is 7.56. The summed E-state index contributed by atoms with van der Waals surface area (Å²) in [5.74, 6) is 0.0188. The molecule has 0 bridgehead atoms. The number of rotatable bonds is 2. The molecule has 2 heterocycles. The first kappa shape index (κ1) is 21.4. The predicted molar refractivity (Wildman–Crippen MR) is 129 cm³/mol. The van der Waals surface area contributed by atoms with Gasteiger partial charge in [-0.2, -0.15) is 0 Å². The van der Waals surface area contributed by atoms with Crippen LogP contribution in [0.5, 0.6) is 0 Å². The summed E-state index contributed by atoms with van der Waals surface area (Å²) in [6.07, 6.45) is 2.87. The predicted octanol–water partition coefficient (Wildman–Crippen LogP) is 4.91. The van der Waals surface area contributed by atoms with Gasteiger partial charge in [-0.1, -0.05) is 84.8 Å². The molecule has 0 spiro atoms. The Morgan fingerprint density at radius 2 is 1.72 bits per heavy atom. The van der Waals surface area contributed by atoms with Crippen molar-refractivity contribution in [3.8, 4) is 0 Å². The van der Waals surface area contributed by atoms with Crippen LogP contribution in [0.1, 0.15) is 43.9 Å². The van der Waals surface area contributed by atoms with Crippen LogP contribution in [0.2, 0.25) is 10.0 Å². The van der Waals surface area contributed by atoms with E-state index in [-0.39, 0.29) is 16.8 Å². The molecule has 32 heavy (non-hydrogen) atoms. The molecule has 0 amide bonds. The topological polar surface area (TPSA) is 51.4 Å². The number of fused-ring (bicyclic) bond motifs is 1. The van der Waals surface area contributed by atoms with Crippen LogP contribution < -0.4 is 14.9 Å². The molecule has 0 N–H and O–H groups in total. The van der Waals surface area contributed by atoms with Gasteiger partial charge in [0.2, 0.25) is 0 Å². The zero-order valence-electron chi connectivity index (χ0n) is 17.6. The number of nitrogens with zero attached hydrogens (tertiary/aromatic N) is 2. The number of allylic oxidation sites excluding steroid dienone is 2. The number of aromatic nitrogens is 1. The lowest BCUT2D eigenvalue weighted by Gasteiger charge is -2.35. The number of hydrogen-bond donors (Lipinski definition) is 0. The summed E-state index contributed by atoms with van der Waals surface area (Å²) in [6.45, 7) is 4.14. The van der Waals surface area contributed by atoms with Crippen LogP contribution in [0.4, 0.5) is 0 Å². The van der Waals surface area contributed by atoms with Crippen molar-refractivity contribution >= 4 is 46.4 Å². The Kier molecular flexibility index (Phi) is 5.24. The van der Waals surface area contributed by atoms with Crippen molar-refractivity contribution < 1.29 is 4.79 Å². The molecule has 4 nitrogen and oxygen atoms in total. The monoisotopic (exact) mass is 482 g/mol. The Hall–Kier alpha value is -2.47. The molecule has 1 aromatic heterocycles. The number of ketones is 1. The smallest absolute Gasteiger partial charge is 0.271 e. The molecule has 1 aliphatic carbocycles. The molecule has 0 saturated carbocycles. The van der Waals surface area contributed by atoms with E-state index in [2.05, 4.69) is 13.8 Å². The van der Waals surface area contributed by atoms with E-state index >= 15 is 0 Å². The fraction of sp³-hybridized carbons (Fsp3) is 0.240. The highest BCUT2D eigenvalue weighted by atomic mass is 35.5. The number of Topliss-reactive ketones (excluding diaryl/α,β-unsaturated/α-hetero) is 1. The maximum Gasteiger partial charge on any atom is 0.271 e. The molecule has 1 unspecified atom stereocenters. The van der Waals surface area contributed by atoms with E-state index < -0.39 is 6.04 Å². The lowest BCUT2D eigenvalue weighted by molar-refractivity contribution is -0.118. The molecule has 0 radical (unpaired) electrons. The number of carbonyl (C=O) groups is 1. The van der Waals surface area contributed by atoms with Gasteiger partial charge in [0.1, 0.15) is 0 Å². The van der Waals surface area contributed by atoms with Crippen molar-refractivity contribution in [1.29, 1.82) is 0 Å². The van der Waals surface area contributed by atoms with Crippen LogP contribution in [0.3, 0.4) is 0 Å². The molecule has 1 aliphatic heterocycles. The first-order chi connectivity index (χ1) is 15.2. The average molecular weight is 483 g/mol. The quantitative estimate of drug-likeness (QED) is 0.520. The first-order valence-corrected chi connectivity index (χ1v) is 11.9. The van der Waals surface area contributed by atoms with Crippen molar-refractivity contribution in [3.05, 3.63) is 101 Å². The summed E-state index contributed by atoms with van der Waals surface area (Å²) in [4.78, 5) is 32.3. The van der Waals surface area contributed by atoms with E-state index in [9.17, 15) is 9.59 Å². The van der Waals surface area contributed by atoms with Gasteiger partial charge in [-0.05, 0) is 41.2 Å². The summed E-state index contributed by atoms with van der Waals surface area (Å²) in [7, 11) is 0. The third kappa shape index (κ3) is 3.58. The fourth-order valence-corrected chi connectivity index (χ4v) is 5.91. The number of hydrogen-bond acceptors (Lipinski definition) is 4. The van der Waals surface area contributed by atoms with E-state index in [0.29, 0.717) is 37.8 Å². The summed E-state index contributed by atoms with van der Waals surface area (Å²) in [5.41, 5.74) is 2.43. The molecule has 5 rings (SSSR count). The van der Waals surface area contributed by atoms with Gasteiger partial charge in [0.05, 0.1) is 16.3 Å². The van der Waals surface area contributed by atoms with E-state index in [1.165, 1.54) is 11.3 Å². The Morgan fingerprint density at radius 1 is 1.03 bits per heavy atom. The fourth-order valence-electron chi connectivity index (χ4n) is 4.47. The largest absolute Gasteiger partial charge is 0.294 e. The average Bonchev–Trinajstić information content (AvgIpc) is 3.03. The van der Waals surface area contributed by atoms with Crippen molar-refractivity contribution in [2.45, 2.75) is 32.7 Å². The second-order valence-electron chi connectivity index (χ2n) is 8.93. The summed E-state index contributed by atoms with van der Waals surface area (Å²) < 4.78 is 2.13. The van der Waals surface area contributed by atoms with E-state index in [1.807, 2.05) is 36.4 Å². The number of benzene rings is 2. The zero-order chi connectivity index (χ0) is 22.6. The highest BCUT2D eigenvalue weighted by molar-refractivity contribution is 7.07. The highest BCUT2D eigenvalue weighted by Crippen LogP contribution is 2.44. The van der Waals surface area contributed by atoms with Crippen LogP contribution in [-0.2, 0) is 4.79 Å². The van der Waals surface area contributed by atoms with Gasteiger partial charge in [0, 0.05) is 22.0 Å². The number of thiazole rings is 1. The molecule has 162 valence electrons. The third-order valence-electron chi connectivity index (χ3n) is 5.89. The normalized spacial score (nSPS) is 20.1. The van der Waals surface area contributed by atoms with Gasteiger partial charge < -0.3 is 0 Å². The van der Waals surface area contributed by atoms with Gasteiger partial charge in [0.15, 0.2) is 10.6 Å². The van der Waals surface area contributed by atoms with Gasteiger partial charge in [-0.15, -0.1) is 0 Å². The Balaban J connectivity index is 1.81. The van der Waals surface area contributed by atoms with Crippen molar-refractivity contribution in [3.63, 3.8) is 0 Å². The summed E-state index contributed by atoms with van der Waals surface area (Å²) in [5, 5.41) is 1.08. The molecule has 0 fully saturated rings. The highest BCUT2D eigenvalue weighted by Gasteiger charge is 2.41. The van der Waals surface area contributed by atoms with E-state index in [0.717, 1.165) is 16.8 Å². The van der Waals surface area contributed by atoms with Crippen molar-refractivity contribution in [2.75, 3.05) is 0 Å². The van der Waals surface area contributed by atoms with Crippen LogP contribution >= 0.6 is 34.5 Å². The van der Waals surface area contributed by atoms with Crippen molar-refractivity contribution in [2.24, 2.45) is 10.4 Å². The SMILES string of the molecule is CC1(C)CC(=O)C2=C(C1)N=c1sc(=Cc3ccccc3Cl)c(=O)n1C2c1ccccc1Cl. The van der Waals surface area contributed by atoms with Gasteiger partial charge in [-0.3, -0.25) is 14.2 Å². The minimum atomic E-state index is -0.591. The van der Waals surface area contributed by atoms with E-state index in [1.54, 1.807) is 22.8 Å². The summed E-state index contributed by atoms with van der Waals surface area (Å²) in [6, 6.07) is 14.2. The molecule has 2 aromatic carbocycles. The molecular formula is C25H20Cl2N2O2S. The zero-order valence-corrected chi connectivity index (χ0v) is 19.9. The molecule has 7 heteroatoms. The van der Waals surface area contributed by atoms with Crippen LogP contribution in [0, 0.1) is 5.41 Å². The molecule has 2 aliphatic rings. The van der Waals surface area contributed by atoms with Gasteiger partial charge in [0.25, 0.3) is 5.56 Å². The van der Waals surface area contributed by atoms with Crippen LogP contribution in [0.25, 0.3) is 6.08 Å². The maximum absolute atomic E-state index is 13.6. The minimum absolute atomic E-state index is 0.0188.